The number of carbonyl (C=O) groups excluding carboxylic acids is 3. The largest absolute Gasteiger partial charge is 0.490 e. The maximum absolute atomic E-state index is 14.6. The van der Waals surface area contributed by atoms with Crippen LogP contribution in [0.25, 0.3) is 22.5 Å². The number of aliphatic carboxylic acids is 1. The van der Waals surface area contributed by atoms with Crippen LogP contribution < -0.4 is 25.6 Å². The number of halogens is 3. The fraction of sp³-hybridized carbons (Fsp3) is 0.386. The zero-order valence-corrected chi connectivity index (χ0v) is 36.0. The monoisotopic (exact) mass is 888 g/mol. The first kappa shape index (κ1) is 47.9. The number of benzene rings is 3. The van der Waals surface area contributed by atoms with Gasteiger partial charge in [0.15, 0.2) is 0 Å². The topological polar surface area (TPSA) is 232 Å². The van der Waals surface area contributed by atoms with Crippen LogP contribution in [0.15, 0.2) is 85.1 Å². The smallest absolute Gasteiger partial charge is 0.475 e. The molecule has 0 saturated heterocycles. The molecule has 0 radical (unpaired) electrons. The van der Waals surface area contributed by atoms with Crippen molar-refractivity contribution in [3.05, 3.63) is 96.2 Å². The fourth-order valence-corrected chi connectivity index (χ4v) is 6.84. The van der Waals surface area contributed by atoms with E-state index in [4.69, 9.17) is 25.1 Å². The van der Waals surface area contributed by atoms with E-state index in [1.54, 1.807) is 35.4 Å². The zero-order chi connectivity index (χ0) is 46.6. The number of hydrogen-bond acceptors (Lipinski definition) is 12. The summed E-state index contributed by atoms with van der Waals surface area (Å²) in [6.07, 6.45) is -0.964. The van der Waals surface area contributed by atoms with E-state index in [0.717, 1.165) is 29.5 Å². The summed E-state index contributed by atoms with van der Waals surface area (Å²) in [5.41, 5.74) is 10.1. The molecule has 17 nitrogen and oxygen atoms in total. The Morgan fingerprint density at radius 3 is 2.08 bits per heavy atom. The molecule has 1 aliphatic rings. The fourth-order valence-electron chi connectivity index (χ4n) is 6.84. The number of aromatic nitrogens is 6. The Hall–Kier alpha value is -7.12. The number of hydrogen-bond donors (Lipinski definition) is 4. The number of anilines is 2. The average molecular weight is 889 g/mol. The Bertz CT molecular complexity index is 2320. The minimum atomic E-state index is -5.08. The van der Waals surface area contributed by atoms with Crippen LogP contribution in [0.4, 0.5) is 29.6 Å². The predicted molar refractivity (Wildman–Crippen MR) is 230 cm³/mol. The van der Waals surface area contributed by atoms with Gasteiger partial charge in [0, 0.05) is 50.4 Å². The Morgan fingerprint density at radius 1 is 0.906 bits per heavy atom. The number of aromatic amines is 1. The second-order valence-corrected chi connectivity index (χ2v) is 16.3. The number of nitrogens with two attached hydrogens (primary N) is 1. The lowest BCUT2D eigenvalue weighted by molar-refractivity contribution is -0.192. The van der Waals surface area contributed by atoms with Crippen LogP contribution in [0.3, 0.4) is 0 Å². The SMILES string of the molecule is CN(C)c1ncc(-c2ccc(C[C@@H](C(N)=O)N(c3ccc(-c4nn[nH]n4)cc3)C(=O)[C@H]3CC[C@H](CNC(=O)OC(C)(C)C)CC3)cc2)c(OCc2ccccc2)n1.O=C(O)C(F)(F)F. The minimum absolute atomic E-state index is 0.177. The first-order valence-corrected chi connectivity index (χ1v) is 20.3. The molecule has 20 heteroatoms. The van der Waals surface area contributed by atoms with Gasteiger partial charge in [-0.25, -0.2) is 14.6 Å². The Kier molecular flexibility index (Phi) is 16.0. The number of ether oxygens (including phenoxy) is 2. The van der Waals surface area contributed by atoms with E-state index in [1.807, 2.05) is 94.4 Å². The van der Waals surface area contributed by atoms with Crippen LogP contribution in [0.2, 0.25) is 0 Å². The van der Waals surface area contributed by atoms with E-state index in [2.05, 4.69) is 35.9 Å². The summed E-state index contributed by atoms with van der Waals surface area (Å²) in [4.78, 5) is 61.7. The molecule has 5 aromatic rings. The summed E-state index contributed by atoms with van der Waals surface area (Å²) in [7, 11) is 3.74. The second kappa shape index (κ2) is 21.3. The first-order valence-electron chi connectivity index (χ1n) is 20.3. The molecule has 1 saturated carbocycles. The van der Waals surface area contributed by atoms with E-state index in [9.17, 15) is 27.6 Å². The molecular weight excluding hydrogens is 838 g/mol. The molecule has 0 unspecified atom stereocenters. The lowest BCUT2D eigenvalue weighted by Gasteiger charge is -2.36. The van der Waals surface area contributed by atoms with Gasteiger partial charge in [-0.15, -0.1) is 10.2 Å². The normalized spacial score (nSPS) is 15.4. The quantitative estimate of drug-likeness (QED) is 0.0952. The molecule has 0 spiro atoms. The summed E-state index contributed by atoms with van der Waals surface area (Å²) in [5, 5.41) is 24.2. The highest BCUT2D eigenvalue weighted by atomic mass is 19.4. The summed E-state index contributed by atoms with van der Waals surface area (Å²) < 4.78 is 43.3. The third-order valence-corrected chi connectivity index (χ3v) is 10.1. The van der Waals surface area contributed by atoms with Crippen molar-refractivity contribution in [3.8, 4) is 28.4 Å². The van der Waals surface area contributed by atoms with Gasteiger partial charge in [-0.2, -0.15) is 23.4 Å². The van der Waals surface area contributed by atoms with Gasteiger partial charge in [-0.05, 0) is 98.5 Å². The molecule has 2 aromatic heterocycles. The lowest BCUT2D eigenvalue weighted by Crippen LogP contribution is -2.52. The highest BCUT2D eigenvalue weighted by molar-refractivity contribution is 6.02. The Morgan fingerprint density at radius 2 is 1.53 bits per heavy atom. The molecule has 340 valence electrons. The molecular formula is C44H51F3N10O7. The third-order valence-electron chi connectivity index (χ3n) is 10.1. The van der Waals surface area contributed by atoms with Gasteiger partial charge in [0.25, 0.3) is 0 Å². The predicted octanol–water partition coefficient (Wildman–Crippen LogP) is 6.36. The number of H-pyrrole nitrogens is 1. The van der Waals surface area contributed by atoms with Gasteiger partial charge in [0.2, 0.25) is 29.5 Å². The highest BCUT2D eigenvalue weighted by Crippen LogP contribution is 2.34. The Balaban J connectivity index is 0.00000102. The number of nitrogens with one attached hydrogen (secondary N) is 2. The van der Waals surface area contributed by atoms with Crippen molar-refractivity contribution in [2.75, 3.05) is 30.4 Å². The number of primary amides is 1. The summed E-state index contributed by atoms with van der Waals surface area (Å²) in [6.45, 7) is 6.26. The van der Waals surface area contributed by atoms with E-state index >= 15 is 0 Å². The van der Waals surface area contributed by atoms with Gasteiger partial charge in [0.1, 0.15) is 18.2 Å². The summed E-state index contributed by atoms with van der Waals surface area (Å²) in [6, 6.07) is 23.7. The van der Waals surface area contributed by atoms with E-state index in [0.29, 0.717) is 60.5 Å². The number of rotatable bonds is 14. The van der Waals surface area contributed by atoms with Crippen molar-refractivity contribution in [1.82, 2.24) is 35.9 Å². The van der Waals surface area contributed by atoms with Gasteiger partial charge in [0.05, 0.1) is 5.56 Å². The van der Waals surface area contributed by atoms with Crippen LogP contribution in [0.1, 0.15) is 57.6 Å². The summed E-state index contributed by atoms with van der Waals surface area (Å²) >= 11 is 0. The molecule has 64 heavy (non-hydrogen) atoms. The van der Waals surface area contributed by atoms with Crippen molar-refractivity contribution in [2.45, 2.75) is 77.3 Å². The number of carboxylic acid groups (broad SMARTS) is 1. The lowest BCUT2D eigenvalue weighted by atomic mass is 9.81. The molecule has 1 atom stereocenters. The van der Waals surface area contributed by atoms with Crippen molar-refractivity contribution in [1.29, 1.82) is 0 Å². The van der Waals surface area contributed by atoms with Crippen LogP contribution in [0, 0.1) is 11.8 Å². The maximum Gasteiger partial charge on any atom is 0.490 e. The number of alkyl carbamates (subject to hydrolysis) is 1. The third kappa shape index (κ3) is 13.7. The van der Waals surface area contributed by atoms with E-state index in [1.165, 1.54) is 0 Å². The standard InChI is InChI=1S/C42H50N10O5.C2HF3O2/c1-42(2,3)57-41(55)45-24-28-13-17-32(18-14-28)39(54)52(33-21-19-31(20-22-33)37-47-49-50-48-37)35(36(43)53)23-27-11-15-30(16-12-27)34-25-44-40(51(4)5)46-38(34)56-26-29-9-7-6-8-10-29;3-2(4,5)1(6)7/h6-12,15-16,19-22,25,28,32,35H,13-14,17-18,23-24,26H2,1-5H3,(H2,43,53)(H,45,55)(H,47,48,49,50);(H,6,7)/t28-,32-,35-;/m0./s1. The molecule has 1 aliphatic carbocycles. The molecule has 0 aliphatic heterocycles. The van der Waals surface area contributed by atoms with Gasteiger partial charge in [-0.1, -0.05) is 54.6 Å². The van der Waals surface area contributed by atoms with Gasteiger partial charge in [-0.3, -0.25) is 14.5 Å². The Labute approximate surface area is 367 Å². The van der Waals surface area contributed by atoms with Gasteiger partial charge >= 0.3 is 18.2 Å². The zero-order valence-electron chi connectivity index (χ0n) is 36.0. The van der Waals surface area contributed by atoms with Gasteiger partial charge < -0.3 is 30.5 Å². The number of amides is 3. The molecule has 5 N–H and O–H groups in total. The van der Waals surface area contributed by atoms with Crippen molar-refractivity contribution in [2.24, 2.45) is 17.6 Å². The number of carboxylic acids is 1. The van der Waals surface area contributed by atoms with Crippen molar-refractivity contribution >= 4 is 35.5 Å². The molecule has 2 heterocycles. The molecule has 3 aromatic carbocycles. The number of carbonyl (C=O) groups is 4. The molecule has 1 fully saturated rings. The number of alkyl halides is 3. The number of tetrazole rings is 1. The van der Waals surface area contributed by atoms with Crippen LogP contribution in [-0.4, -0.2) is 98.0 Å². The van der Waals surface area contributed by atoms with Crippen LogP contribution >= 0.6 is 0 Å². The van der Waals surface area contributed by atoms with E-state index in [-0.39, 0.29) is 24.2 Å². The molecule has 0 bridgehead atoms. The molecule has 6 rings (SSSR count). The van der Waals surface area contributed by atoms with Crippen LogP contribution in [0.5, 0.6) is 5.88 Å². The molecule has 3 amide bonds. The van der Waals surface area contributed by atoms with E-state index < -0.39 is 35.8 Å². The maximum atomic E-state index is 14.6. The average Bonchev–Trinajstić information content (AvgIpc) is 3.80. The first-order chi connectivity index (χ1) is 30.3. The van der Waals surface area contributed by atoms with Crippen molar-refractivity contribution in [3.63, 3.8) is 0 Å². The second-order valence-electron chi connectivity index (χ2n) is 16.3. The highest BCUT2D eigenvalue weighted by Gasteiger charge is 2.38. The van der Waals surface area contributed by atoms with Crippen molar-refractivity contribution < 1.29 is 46.9 Å². The summed E-state index contributed by atoms with van der Waals surface area (Å²) in [5.74, 6) is -2.35. The minimum Gasteiger partial charge on any atom is -0.475 e. The number of nitrogens with zero attached hydrogens (tertiary/aromatic N) is 7. The van der Waals surface area contributed by atoms with Crippen LogP contribution in [-0.2, 0) is 32.1 Å².